The highest BCUT2D eigenvalue weighted by atomic mass is 32.2. The molecule has 0 amide bonds. The monoisotopic (exact) mass is 353 g/mol. The van der Waals surface area contributed by atoms with Crippen LogP contribution < -0.4 is 0 Å². The number of carbonyl (C=O) groups excluding carboxylic acids is 1. The Balaban J connectivity index is 1.55. The van der Waals surface area contributed by atoms with Crippen LogP contribution in [0.5, 0.6) is 0 Å². The molecule has 5 heteroatoms. The van der Waals surface area contributed by atoms with E-state index in [1.165, 1.54) is 17.3 Å². The van der Waals surface area contributed by atoms with E-state index >= 15 is 0 Å². The molecule has 0 atom stereocenters. The van der Waals surface area contributed by atoms with Gasteiger partial charge in [0, 0.05) is 17.4 Å². The van der Waals surface area contributed by atoms with Crippen molar-refractivity contribution >= 4 is 49.4 Å². The van der Waals surface area contributed by atoms with Gasteiger partial charge in [0.2, 0.25) is 0 Å². The Morgan fingerprint density at radius 1 is 1.25 bits per heavy atom. The Bertz CT molecular complexity index is 999. The molecule has 0 saturated carbocycles. The third-order valence-corrected chi connectivity index (χ3v) is 5.91. The van der Waals surface area contributed by atoms with Crippen LogP contribution in [0.1, 0.15) is 18.1 Å². The minimum Gasteiger partial charge on any atom is -0.464 e. The Kier molecular flexibility index (Phi) is 4.12. The number of aryl methyl sites for hydroxylation is 1. The predicted octanol–water partition coefficient (Wildman–Crippen LogP) is 5.47. The van der Waals surface area contributed by atoms with Crippen molar-refractivity contribution in [3.05, 3.63) is 59.9 Å². The first kappa shape index (κ1) is 15.4. The van der Waals surface area contributed by atoms with Gasteiger partial charge in [0.25, 0.3) is 0 Å². The highest BCUT2D eigenvalue weighted by Gasteiger charge is 2.14. The number of benzene rings is 2. The quantitative estimate of drug-likeness (QED) is 0.457. The largest absolute Gasteiger partial charge is 0.464 e. The number of hydrogen-bond donors (Lipinski definition) is 0. The summed E-state index contributed by atoms with van der Waals surface area (Å²) in [5.41, 5.74) is 3.97. The van der Waals surface area contributed by atoms with Crippen molar-refractivity contribution in [2.45, 2.75) is 24.1 Å². The second kappa shape index (κ2) is 6.42. The van der Waals surface area contributed by atoms with Crippen molar-refractivity contribution in [3.63, 3.8) is 0 Å². The minimum atomic E-state index is 0.0821. The van der Waals surface area contributed by atoms with E-state index < -0.39 is 0 Å². The van der Waals surface area contributed by atoms with E-state index in [-0.39, 0.29) is 5.12 Å². The number of thioether (sulfide) groups is 1. The molecular weight excluding hydrogens is 338 g/mol. The molecule has 0 radical (unpaired) electrons. The fourth-order valence-electron chi connectivity index (χ4n) is 2.67. The second-order valence-corrected chi connectivity index (χ2v) is 7.88. The molecule has 4 aromatic rings. The third kappa shape index (κ3) is 2.97. The second-order valence-electron chi connectivity index (χ2n) is 5.54. The molecular formula is C19H15NO2S2. The molecule has 2 aromatic heterocycles. The van der Waals surface area contributed by atoms with Crippen LogP contribution >= 0.6 is 23.1 Å². The van der Waals surface area contributed by atoms with Crippen molar-refractivity contribution in [2.75, 3.05) is 0 Å². The molecule has 24 heavy (non-hydrogen) atoms. The summed E-state index contributed by atoms with van der Waals surface area (Å²) in [4.78, 5) is 17.0. The maximum atomic E-state index is 12.4. The van der Waals surface area contributed by atoms with Gasteiger partial charge in [-0.25, -0.2) is 4.98 Å². The van der Waals surface area contributed by atoms with E-state index in [9.17, 15) is 4.79 Å². The molecule has 0 aliphatic heterocycles. The summed E-state index contributed by atoms with van der Waals surface area (Å²) in [5, 5.41) is 1.12. The summed E-state index contributed by atoms with van der Waals surface area (Å²) < 4.78 is 7.47. The van der Waals surface area contributed by atoms with Gasteiger partial charge in [0.05, 0.1) is 16.5 Å². The number of furan rings is 1. The maximum absolute atomic E-state index is 12.4. The van der Waals surface area contributed by atoms with Crippen LogP contribution in [0.15, 0.2) is 57.5 Å². The van der Waals surface area contributed by atoms with E-state index in [1.54, 1.807) is 17.6 Å². The molecule has 0 fully saturated rings. The number of hydrogen-bond acceptors (Lipinski definition) is 5. The van der Waals surface area contributed by atoms with E-state index in [2.05, 4.69) is 24.0 Å². The van der Waals surface area contributed by atoms with E-state index in [4.69, 9.17) is 4.42 Å². The zero-order valence-electron chi connectivity index (χ0n) is 13.1. The topological polar surface area (TPSA) is 43.1 Å². The lowest BCUT2D eigenvalue weighted by Gasteiger charge is -1.99. The Hall–Kier alpha value is -2.11. The minimum absolute atomic E-state index is 0.0821. The van der Waals surface area contributed by atoms with Gasteiger partial charge in [0.15, 0.2) is 9.45 Å². The number of carbonyl (C=O) groups is 1. The number of aromatic nitrogens is 1. The number of nitrogens with zero attached hydrogens (tertiary/aromatic N) is 1. The lowest BCUT2D eigenvalue weighted by molar-refractivity contribution is -0.110. The maximum Gasteiger partial charge on any atom is 0.200 e. The van der Waals surface area contributed by atoms with Crippen LogP contribution in [0.4, 0.5) is 0 Å². The summed E-state index contributed by atoms with van der Waals surface area (Å²) in [6.45, 7) is 2.12. The van der Waals surface area contributed by atoms with Crippen molar-refractivity contribution in [1.82, 2.24) is 4.98 Å². The van der Waals surface area contributed by atoms with Crippen LogP contribution in [0.3, 0.4) is 0 Å². The number of rotatable bonds is 4. The van der Waals surface area contributed by atoms with E-state index in [0.29, 0.717) is 6.42 Å². The van der Waals surface area contributed by atoms with Crippen LogP contribution in [0, 0.1) is 0 Å². The zero-order chi connectivity index (χ0) is 16.5. The van der Waals surface area contributed by atoms with Gasteiger partial charge in [-0.15, -0.1) is 11.3 Å². The van der Waals surface area contributed by atoms with Crippen LogP contribution in [0.25, 0.3) is 21.2 Å². The summed E-state index contributed by atoms with van der Waals surface area (Å²) in [6.07, 6.45) is 3.01. The molecule has 0 unspecified atom stereocenters. The molecule has 0 saturated heterocycles. The van der Waals surface area contributed by atoms with Gasteiger partial charge < -0.3 is 4.42 Å². The number of thiazole rings is 1. The normalized spacial score (nSPS) is 11.4. The molecule has 0 aliphatic carbocycles. The molecule has 2 aromatic carbocycles. The molecule has 0 N–H and O–H groups in total. The lowest BCUT2D eigenvalue weighted by Crippen LogP contribution is -1.96. The number of para-hydroxylation sites is 1. The van der Waals surface area contributed by atoms with Gasteiger partial charge in [-0.1, -0.05) is 25.1 Å². The summed E-state index contributed by atoms with van der Waals surface area (Å²) in [6, 6.07) is 14.1. The van der Waals surface area contributed by atoms with Crippen LogP contribution in [0.2, 0.25) is 0 Å². The highest BCUT2D eigenvalue weighted by Crippen LogP contribution is 2.31. The van der Waals surface area contributed by atoms with E-state index in [0.717, 1.165) is 37.5 Å². The Morgan fingerprint density at radius 2 is 2.12 bits per heavy atom. The van der Waals surface area contributed by atoms with Gasteiger partial charge >= 0.3 is 0 Å². The Labute approximate surface area is 147 Å². The van der Waals surface area contributed by atoms with Crippen molar-refractivity contribution in [1.29, 1.82) is 0 Å². The van der Waals surface area contributed by atoms with Crippen LogP contribution in [-0.2, 0) is 17.6 Å². The molecule has 0 spiro atoms. The SMILES string of the molecule is CCc1ccc2occ(CC(=O)Sc3nc4ccccc4s3)c2c1. The van der Waals surface area contributed by atoms with E-state index in [1.807, 2.05) is 30.3 Å². The first-order chi connectivity index (χ1) is 11.7. The Morgan fingerprint density at radius 3 is 2.96 bits per heavy atom. The molecule has 0 bridgehead atoms. The fourth-order valence-corrected chi connectivity index (χ4v) is 4.65. The average molecular weight is 353 g/mol. The summed E-state index contributed by atoms with van der Waals surface area (Å²) in [5.74, 6) is 0. The molecule has 120 valence electrons. The molecule has 3 nitrogen and oxygen atoms in total. The molecule has 2 heterocycles. The van der Waals surface area contributed by atoms with Gasteiger partial charge in [-0.2, -0.15) is 0 Å². The smallest absolute Gasteiger partial charge is 0.200 e. The summed E-state index contributed by atoms with van der Waals surface area (Å²) in [7, 11) is 0. The summed E-state index contributed by atoms with van der Waals surface area (Å²) >= 11 is 2.77. The van der Waals surface area contributed by atoms with Gasteiger partial charge in [-0.05, 0) is 48.0 Å². The van der Waals surface area contributed by atoms with Crippen molar-refractivity contribution in [3.8, 4) is 0 Å². The molecule has 0 aliphatic rings. The highest BCUT2D eigenvalue weighted by molar-refractivity contribution is 8.15. The zero-order valence-corrected chi connectivity index (χ0v) is 14.7. The first-order valence-corrected chi connectivity index (χ1v) is 9.41. The molecule has 4 rings (SSSR count). The fraction of sp³-hybridized carbons (Fsp3) is 0.158. The van der Waals surface area contributed by atoms with Crippen LogP contribution in [-0.4, -0.2) is 10.1 Å². The number of fused-ring (bicyclic) bond motifs is 2. The first-order valence-electron chi connectivity index (χ1n) is 7.78. The average Bonchev–Trinajstić information content (AvgIpc) is 3.17. The van der Waals surface area contributed by atoms with Gasteiger partial charge in [-0.3, -0.25) is 4.79 Å². The van der Waals surface area contributed by atoms with Gasteiger partial charge in [0.1, 0.15) is 5.58 Å². The third-order valence-electron chi connectivity index (χ3n) is 3.94. The van der Waals surface area contributed by atoms with Crippen molar-refractivity contribution < 1.29 is 9.21 Å². The van der Waals surface area contributed by atoms with Crippen molar-refractivity contribution in [2.24, 2.45) is 0 Å². The standard InChI is InChI=1S/C19H15NO2S2/c1-2-12-7-8-16-14(9-12)13(11-22-16)10-18(21)24-19-20-15-5-3-4-6-17(15)23-19/h3-9,11H,2,10H2,1H3. The lowest BCUT2D eigenvalue weighted by atomic mass is 10.1. The predicted molar refractivity (Wildman–Crippen MR) is 99.8 cm³/mol.